The number of ether oxygens (including phenoxy) is 2. The summed E-state index contributed by atoms with van der Waals surface area (Å²) in [7, 11) is -2.63. The van der Waals surface area contributed by atoms with Gasteiger partial charge < -0.3 is 34.6 Å². The predicted octanol–water partition coefficient (Wildman–Crippen LogP) is 3.14. The maximum atomic E-state index is 12.4. The molecule has 0 bridgehead atoms. The number of hydrogen-bond donors (Lipinski definition) is 6. The van der Waals surface area contributed by atoms with E-state index in [4.69, 9.17) is 19.3 Å². The molecule has 1 saturated heterocycles. The minimum atomic E-state index is -2.63. The summed E-state index contributed by atoms with van der Waals surface area (Å²) < 4.78 is 21.1. The minimum Gasteiger partial charge on any atom is -0.449 e. The normalized spacial score (nSPS) is 19.0. The number of benzene rings is 2. The molecule has 1 aliphatic carbocycles. The van der Waals surface area contributed by atoms with Crippen LogP contribution < -0.4 is 21.9 Å². The highest BCUT2D eigenvalue weighted by Crippen LogP contribution is 2.44. The largest absolute Gasteiger partial charge is 0.449 e. The van der Waals surface area contributed by atoms with Crippen molar-refractivity contribution >= 4 is 26.7 Å². The van der Waals surface area contributed by atoms with E-state index in [9.17, 15) is 29.2 Å². The Balaban J connectivity index is 0.979. The van der Waals surface area contributed by atoms with Gasteiger partial charge in [-0.1, -0.05) is 61.4 Å². The van der Waals surface area contributed by atoms with Crippen LogP contribution in [0, 0.1) is 0 Å². The van der Waals surface area contributed by atoms with Gasteiger partial charge in [-0.05, 0) is 41.2 Å². The minimum absolute atomic E-state index is 0.00492. The van der Waals surface area contributed by atoms with Gasteiger partial charge in [0.2, 0.25) is 5.91 Å². The number of nitrogens with zero attached hydrogens (tertiary/aromatic N) is 1. The molecule has 15 nitrogen and oxygen atoms in total. The Morgan fingerprint density at radius 2 is 1.65 bits per heavy atom. The molecule has 0 saturated carbocycles. The van der Waals surface area contributed by atoms with Crippen molar-refractivity contribution in [1.29, 1.82) is 0 Å². The second-order valence-corrected chi connectivity index (χ2v) is 12.4. The molecule has 2 unspecified atom stereocenters. The number of rotatable bonds is 16. The number of aliphatic hydroxyl groups excluding tert-OH is 1. The van der Waals surface area contributed by atoms with E-state index in [0.29, 0.717) is 19.5 Å². The van der Waals surface area contributed by atoms with Crippen LogP contribution in [0.15, 0.2) is 70.4 Å². The first kappa shape index (κ1) is 36.1. The lowest BCUT2D eigenvalue weighted by Crippen LogP contribution is -2.33. The van der Waals surface area contributed by atoms with Gasteiger partial charge in [0.1, 0.15) is 18.9 Å². The second kappa shape index (κ2) is 17.4. The van der Waals surface area contributed by atoms with Gasteiger partial charge in [-0.25, -0.2) is 14.8 Å². The van der Waals surface area contributed by atoms with Crippen LogP contribution in [0.5, 0.6) is 0 Å². The fraction of sp³-hybridized carbons (Fsp3) is 0.394. The van der Waals surface area contributed by atoms with Crippen molar-refractivity contribution in [3.05, 3.63) is 98.3 Å². The molecule has 2 aromatic carbocycles. The van der Waals surface area contributed by atoms with E-state index in [0.717, 1.165) is 35.0 Å². The summed E-state index contributed by atoms with van der Waals surface area (Å²) in [5.41, 5.74) is 3.17. The number of unbranched alkanes of at least 4 members (excludes halogenated alkanes) is 3. The number of alkyl carbamates (subject to hydrolysis) is 1. The van der Waals surface area contributed by atoms with E-state index in [1.807, 2.05) is 24.3 Å². The first-order chi connectivity index (χ1) is 23.8. The van der Waals surface area contributed by atoms with E-state index in [2.05, 4.69) is 44.6 Å². The van der Waals surface area contributed by atoms with Gasteiger partial charge in [0, 0.05) is 37.7 Å². The third-order valence-electron chi connectivity index (χ3n) is 8.39. The zero-order valence-corrected chi connectivity index (χ0v) is 27.4. The van der Waals surface area contributed by atoms with Crippen LogP contribution in [0.25, 0.3) is 17.2 Å². The number of aliphatic hydroxyl groups is 1. The molecule has 2 aliphatic rings. The van der Waals surface area contributed by atoms with E-state index in [1.54, 1.807) is 0 Å². The van der Waals surface area contributed by atoms with E-state index in [-0.39, 0.29) is 24.5 Å². The summed E-state index contributed by atoms with van der Waals surface area (Å²) in [5.74, 6) is -0.425. The molecule has 3 aromatic rings. The number of aromatic nitrogens is 2. The SMILES string of the molecule is O=C(/C=C/c1cn([C@H]2CC(OP(O)OO)[C@@H](CO)O2)c(=O)[nH]c1=O)NCCCCCCNC(=O)OCC1c2ccccc2-c2ccccc21. The fourth-order valence-electron chi connectivity index (χ4n) is 5.99. The van der Waals surface area contributed by atoms with Crippen LogP contribution in [0.4, 0.5) is 4.79 Å². The van der Waals surface area contributed by atoms with E-state index < -0.39 is 56.9 Å². The van der Waals surface area contributed by atoms with Crippen molar-refractivity contribution < 1.29 is 43.5 Å². The summed E-state index contributed by atoms with van der Waals surface area (Å²) in [6.45, 7) is 0.641. The molecule has 1 aliphatic heterocycles. The van der Waals surface area contributed by atoms with Crippen molar-refractivity contribution in [3.8, 4) is 11.1 Å². The summed E-state index contributed by atoms with van der Waals surface area (Å²) in [4.78, 5) is 61.0. The monoisotopic (exact) mass is 698 g/mol. The Kier molecular flexibility index (Phi) is 12.8. The number of amides is 2. The number of H-pyrrole nitrogens is 1. The number of carbonyl (C=O) groups excluding carboxylic acids is 2. The lowest BCUT2D eigenvalue weighted by atomic mass is 9.98. The van der Waals surface area contributed by atoms with Crippen LogP contribution in [-0.2, 0) is 23.5 Å². The number of aromatic amines is 1. The number of fused-ring (bicyclic) bond motifs is 3. The molecular weight excluding hydrogens is 659 g/mol. The summed E-state index contributed by atoms with van der Waals surface area (Å²) in [5, 5.41) is 23.7. The molecule has 0 spiro atoms. The van der Waals surface area contributed by atoms with Gasteiger partial charge in [-0.3, -0.25) is 19.1 Å². The Labute approximate surface area is 282 Å². The summed E-state index contributed by atoms with van der Waals surface area (Å²) >= 11 is 0. The molecule has 4 atom stereocenters. The topological polar surface area (TPSA) is 211 Å². The lowest BCUT2D eigenvalue weighted by Gasteiger charge is -2.16. The summed E-state index contributed by atoms with van der Waals surface area (Å²) in [6, 6.07) is 16.3. The smallest absolute Gasteiger partial charge is 0.407 e. The van der Waals surface area contributed by atoms with Crippen LogP contribution >= 0.6 is 8.60 Å². The van der Waals surface area contributed by atoms with Crippen molar-refractivity contribution in [3.63, 3.8) is 0 Å². The third-order valence-corrected chi connectivity index (χ3v) is 8.98. The van der Waals surface area contributed by atoms with Gasteiger partial charge in [0.15, 0.2) is 0 Å². The zero-order chi connectivity index (χ0) is 34.8. The molecule has 16 heteroatoms. The highest BCUT2D eigenvalue weighted by atomic mass is 31.2. The quantitative estimate of drug-likeness (QED) is 0.0421. The highest BCUT2D eigenvalue weighted by Gasteiger charge is 2.39. The van der Waals surface area contributed by atoms with Crippen molar-refractivity contribution in [2.24, 2.45) is 0 Å². The Bertz CT molecular complexity index is 1700. The van der Waals surface area contributed by atoms with E-state index >= 15 is 0 Å². The summed E-state index contributed by atoms with van der Waals surface area (Å²) in [6.07, 6.45) is 3.52. The zero-order valence-electron chi connectivity index (χ0n) is 26.5. The van der Waals surface area contributed by atoms with Gasteiger partial charge in [-0.15, -0.1) is 0 Å². The maximum Gasteiger partial charge on any atom is 0.407 e. The first-order valence-electron chi connectivity index (χ1n) is 15.9. The Morgan fingerprint density at radius 1 is 1.00 bits per heavy atom. The molecule has 49 heavy (non-hydrogen) atoms. The van der Waals surface area contributed by atoms with Crippen molar-refractivity contribution in [2.75, 3.05) is 26.3 Å². The van der Waals surface area contributed by atoms with Gasteiger partial charge in [0.05, 0.1) is 18.3 Å². The average molecular weight is 699 g/mol. The Morgan fingerprint density at radius 3 is 2.31 bits per heavy atom. The fourth-order valence-corrected chi connectivity index (χ4v) is 6.49. The van der Waals surface area contributed by atoms with Gasteiger partial charge in [-0.2, -0.15) is 4.67 Å². The van der Waals surface area contributed by atoms with Crippen LogP contribution in [-0.4, -0.2) is 75.3 Å². The highest BCUT2D eigenvalue weighted by molar-refractivity contribution is 7.40. The number of carbonyl (C=O) groups is 2. The lowest BCUT2D eigenvalue weighted by molar-refractivity contribution is -0.154. The van der Waals surface area contributed by atoms with Crippen LogP contribution in [0.2, 0.25) is 0 Å². The number of nitrogens with one attached hydrogen (secondary N) is 3. The molecule has 2 heterocycles. The maximum absolute atomic E-state index is 12.4. The van der Waals surface area contributed by atoms with E-state index in [1.165, 1.54) is 29.5 Å². The molecule has 5 rings (SSSR count). The predicted molar refractivity (Wildman–Crippen MR) is 178 cm³/mol. The Hall–Kier alpha value is -4.21. The molecular formula is C33H39N4O11P. The molecule has 0 radical (unpaired) electrons. The van der Waals surface area contributed by atoms with Crippen molar-refractivity contribution in [2.45, 2.75) is 56.5 Å². The third kappa shape index (κ3) is 9.28. The van der Waals surface area contributed by atoms with Crippen molar-refractivity contribution in [1.82, 2.24) is 20.2 Å². The second-order valence-electron chi connectivity index (χ2n) is 11.6. The molecule has 6 N–H and O–H groups in total. The number of hydrogen-bond acceptors (Lipinski definition) is 11. The molecule has 2 amide bonds. The van der Waals surface area contributed by atoms with Gasteiger partial charge >= 0.3 is 20.4 Å². The van der Waals surface area contributed by atoms with Gasteiger partial charge in [0.25, 0.3) is 5.56 Å². The molecule has 262 valence electrons. The molecule has 1 aromatic heterocycles. The first-order valence-corrected chi connectivity index (χ1v) is 17.1. The van der Waals surface area contributed by atoms with Crippen LogP contribution in [0.1, 0.15) is 60.9 Å². The van der Waals surface area contributed by atoms with Crippen LogP contribution in [0.3, 0.4) is 0 Å². The average Bonchev–Trinajstić information content (AvgIpc) is 3.66. The standard InChI is InChI=1S/C33H39N4O11P/c38-19-28-27(47-49(44)48-43)17-30(46-28)37-18-21(31(40)36-32(37)41)13-14-29(39)34-15-7-1-2-8-16-35-33(42)45-20-26-24-11-5-3-9-22(24)23-10-4-6-12-25(23)26/h3-6,9-14,18,26-28,30,38,43-44H,1-2,7-8,15-17,19-20H2,(H,34,39)(H,35,42)(H,36,40,41)/b14-13+/t27?,28-,30-,49?/m1/s1. The molecule has 1 fully saturated rings.